The highest BCUT2D eigenvalue weighted by Gasteiger charge is 2.24. The molecule has 0 radical (unpaired) electrons. The minimum atomic E-state index is -3.69. The second kappa shape index (κ2) is 11.4. The number of benzene rings is 3. The predicted octanol–water partition coefficient (Wildman–Crippen LogP) is 5.37. The summed E-state index contributed by atoms with van der Waals surface area (Å²) >= 11 is 1.56. The van der Waals surface area contributed by atoms with Crippen molar-refractivity contribution < 1.29 is 13.2 Å². The maximum absolute atomic E-state index is 13.2. The van der Waals surface area contributed by atoms with Crippen LogP contribution in [-0.2, 0) is 16.4 Å². The van der Waals surface area contributed by atoms with Crippen molar-refractivity contribution >= 4 is 33.4 Å². The zero-order valence-electron chi connectivity index (χ0n) is 19.2. The molecule has 7 heteroatoms. The van der Waals surface area contributed by atoms with Crippen LogP contribution in [0.1, 0.15) is 36.2 Å². The van der Waals surface area contributed by atoms with Crippen LogP contribution in [0.5, 0.6) is 0 Å². The summed E-state index contributed by atoms with van der Waals surface area (Å²) in [5.41, 5.74) is 2.27. The first kappa shape index (κ1) is 24.9. The molecule has 3 aromatic carbocycles. The molecule has 0 aromatic heterocycles. The second-order valence-corrected chi connectivity index (χ2v) is 10.5. The zero-order valence-corrected chi connectivity index (χ0v) is 20.8. The predicted molar refractivity (Wildman–Crippen MR) is 137 cm³/mol. The third kappa shape index (κ3) is 6.39. The summed E-state index contributed by atoms with van der Waals surface area (Å²) in [6.45, 7) is 4.07. The van der Waals surface area contributed by atoms with E-state index in [4.69, 9.17) is 0 Å². The number of thioether (sulfide) groups is 1. The van der Waals surface area contributed by atoms with Crippen molar-refractivity contribution in [1.29, 1.82) is 0 Å². The summed E-state index contributed by atoms with van der Waals surface area (Å²) in [6, 6.07) is 23.8. The molecular weight excluding hydrogens is 452 g/mol. The smallest absolute Gasteiger partial charge is 0.264 e. The van der Waals surface area contributed by atoms with E-state index in [1.165, 1.54) is 9.87 Å². The molecule has 5 nitrogen and oxygen atoms in total. The lowest BCUT2D eigenvalue weighted by atomic mass is 10.1. The van der Waals surface area contributed by atoms with Crippen molar-refractivity contribution in [1.82, 2.24) is 5.32 Å². The van der Waals surface area contributed by atoms with Crippen molar-refractivity contribution in [3.63, 3.8) is 0 Å². The second-order valence-electron chi connectivity index (χ2n) is 7.79. The van der Waals surface area contributed by atoms with Crippen LogP contribution in [0.3, 0.4) is 0 Å². The molecule has 0 aliphatic heterocycles. The summed E-state index contributed by atoms with van der Waals surface area (Å²) < 4.78 is 27.7. The van der Waals surface area contributed by atoms with Crippen LogP contribution in [0.4, 0.5) is 5.69 Å². The van der Waals surface area contributed by atoms with Gasteiger partial charge >= 0.3 is 0 Å². The van der Waals surface area contributed by atoms with Crippen molar-refractivity contribution in [2.45, 2.75) is 42.5 Å². The van der Waals surface area contributed by atoms with Gasteiger partial charge in [-0.2, -0.15) is 0 Å². The number of hydrogen-bond acceptors (Lipinski definition) is 4. The van der Waals surface area contributed by atoms with Gasteiger partial charge in [-0.1, -0.05) is 30.3 Å². The van der Waals surface area contributed by atoms with Crippen LogP contribution < -0.4 is 9.62 Å². The largest absolute Gasteiger partial charge is 0.350 e. The number of rotatable bonds is 10. The van der Waals surface area contributed by atoms with Gasteiger partial charge in [0.25, 0.3) is 15.9 Å². The van der Waals surface area contributed by atoms with Crippen LogP contribution in [0.15, 0.2) is 88.7 Å². The molecule has 174 valence electrons. The molecule has 3 aromatic rings. The van der Waals surface area contributed by atoms with Gasteiger partial charge in [0.05, 0.1) is 10.6 Å². The summed E-state index contributed by atoms with van der Waals surface area (Å²) in [6.07, 6.45) is 3.68. The van der Waals surface area contributed by atoms with Gasteiger partial charge in [0, 0.05) is 23.0 Å². The van der Waals surface area contributed by atoms with E-state index >= 15 is 0 Å². The lowest BCUT2D eigenvalue weighted by Crippen LogP contribution is -2.33. The van der Waals surface area contributed by atoms with Gasteiger partial charge in [0.15, 0.2) is 0 Å². The average Bonchev–Trinajstić information content (AvgIpc) is 2.84. The lowest BCUT2D eigenvalue weighted by Gasteiger charge is -2.23. The number of amides is 1. The maximum Gasteiger partial charge on any atom is 0.264 e. The highest BCUT2D eigenvalue weighted by atomic mass is 32.2. The average molecular weight is 483 g/mol. The van der Waals surface area contributed by atoms with Crippen molar-refractivity contribution in [3.05, 3.63) is 90.0 Å². The van der Waals surface area contributed by atoms with Gasteiger partial charge in [0.2, 0.25) is 0 Å². The van der Waals surface area contributed by atoms with Crippen molar-refractivity contribution in [3.8, 4) is 0 Å². The summed E-state index contributed by atoms with van der Waals surface area (Å²) in [4.78, 5) is 13.9. The summed E-state index contributed by atoms with van der Waals surface area (Å²) in [5, 5.41) is 3.02. The molecule has 0 fully saturated rings. The van der Waals surface area contributed by atoms with E-state index in [0.29, 0.717) is 11.3 Å². The highest BCUT2D eigenvalue weighted by Crippen LogP contribution is 2.25. The first-order valence-electron chi connectivity index (χ1n) is 11.0. The molecule has 1 N–H and O–H groups in total. The number of carbonyl (C=O) groups excluding carboxylic acids is 1. The Labute approximate surface area is 201 Å². The Morgan fingerprint density at radius 2 is 1.61 bits per heavy atom. The highest BCUT2D eigenvalue weighted by molar-refractivity contribution is 7.98. The van der Waals surface area contributed by atoms with Crippen LogP contribution >= 0.6 is 11.8 Å². The van der Waals surface area contributed by atoms with E-state index in [2.05, 4.69) is 17.4 Å². The van der Waals surface area contributed by atoms with Crippen LogP contribution in [0, 0.1) is 0 Å². The first-order valence-corrected chi connectivity index (χ1v) is 13.6. The summed E-state index contributed by atoms with van der Waals surface area (Å²) in [7, 11) is -3.69. The zero-order chi connectivity index (χ0) is 23.8. The monoisotopic (exact) mass is 482 g/mol. The number of aryl methyl sites for hydroxylation is 1. The molecule has 0 spiro atoms. The third-order valence-electron chi connectivity index (χ3n) is 5.44. The number of nitrogens with zero attached hydrogens (tertiary/aromatic N) is 1. The quantitative estimate of drug-likeness (QED) is 0.394. The molecule has 0 heterocycles. The van der Waals surface area contributed by atoms with Gasteiger partial charge in [-0.15, -0.1) is 11.8 Å². The van der Waals surface area contributed by atoms with Gasteiger partial charge in [-0.25, -0.2) is 8.42 Å². The topological polar surface area (TPSA) is 66.5 Å². The Morgan fingerprint density at radius 1 is 0.970 bits per heavy atom. The minimum absolute atomic E-state index is 0.0224. The lowest BCUT2D eigenvalue weighted by molar-refractivity contribution is 0.0938. The number of nitrogens with one attached hydrogen (secondary N) is 1. The summed E-state index contributed by atoms with van der Waals surface area (Å²) in [5.74, 6) is -0.166. The number of hydrogen-bond donors (Lipinski definition) is 1. The molecular formula is C26H30N2O3S2. The van der Waals surface area contributed by atoms with Gasteiger partial charge in [-0.05, 0) is 87.0 Å². The van der Waals surface area contributed by atoms with E-state index in [1.54, 1.807) is 67.2 Å². The molecule has 0 aliphatic carbocycles. The first-order chi connectivity index (χ1) is 15.8. The molecule has 33 heavy (non-hydrogen) atoms. The molecule has 0 bridgehead atoms. The van der Waals surface area contributed by atoms with E-state index in [0.717, 1.165) is 17.7 Å². The Hall–Kier alpha value is -2.77. The molecule has 1 amide bonds. The standard InChI is InChI=1S/C26H30N2O3S2/c1-4-28(33(30,31)25-18-16-24(32-3)17-19-25)23-14-12-22(13-15-23)26(29)27-20(2)10-11-21-8-6-5-7-9-21/h5-9,12-20H,4,10-11H2,1-3H3,(H,27,29)/t20-/m0/s1. The van der Waals surface area contributed by atoms with E-state index in [-0.39, 0.29) is 23.4 Å². The molecule has 0 unspecified atom stereocenters. The Bertz CT molecular complexity index is 1150. The van der Waals surface area contributed by atoms with Crippen LogP contribution in [0.2, 0.25) is 0 Å². The minimum Gasteiger partial charge on any atom is -0.350 e. The van der Waals surface area contributed by atoms with Crippen LogP contribution in [0.25, 0.3) is 0 Å². The third-order valence-corrected chi connectivity index (χ3v) is 8.10. The molecule has 0 saturated heterocycles. The number of sulfonamides is 1. The Balaban J connectivity index is 1.66. The molecule has 3 rings (SSSR count). The van der Waals surface area contributed by atoms with Gasteiger partial charge in [0.1, 0.15) is 0 Å². The van der Waals surface area contributed by atoms with Gasteiger partial charge in [-0.3, -0.25) is 9.10 Å². The molecule has 1 atom stereocenters. The van der Waals surface area contributed by atoms with Crippen molar-refractivity contribution in [2.75, 3.05) is 17.1 Å². The maximum atomic E-state index is 13.2. The SMILES string of the molecule is CCN(c1ccc(C(=O)N[C@@H](C)CCc2ccccc2)cc1)S(=O)(=O)c1ccc(SC)cc1. The normalized spacial score (nSPS) is 12.2. The van der Waals surface area contributed by atoms with E-state index in [9.17, 15) is 13.2 Å². The van der Waals surface area contributed by atoms with Crippen LogP contribution in [-0.4, -0.2) is 33.2 Å². The van der Waals surface area contributed by atoms with E-state index < -0.39 is 10.0 Å². The van der Waals surface area contributed by atoms with Crippen molar-refractivity contribution in [2.24, 2.45) is 0 Å². The fourth-order valence-corrected chi connectivity index (χ4v) is 5.43. The number of anilines is 1. The fraction of sp³-hybridized carbons (Fsp3) is 0.269. The molecule has 0 aliphatic rings. The van der Waals surface area contributed by atoms with Gasteiger partial charge < -0.3 is 5.32 Å². The molecule has 0 saturated carbocycles. The fourth-order valence-electron chi connectivity index (χ4n) is 3.55. The Morgan fingerprint density at radius 3 is 2.18 bits per heavy atom. The Kier molecular flexibility index (Phi) is 8.58. The number of carbonyl (C=O) groups is 1. The van der Waals surface area contributed by atoms with E-state index in [1.807, 2.05) is 31.4 Å².